The topological polar surface area (TPSA) is 81.4 Å². The number of benzene rings is 2. The number of hydrogen-bond donors (Lipinski definition) is 1. The normalized spacial score (nSPS) is 15.9. The van der Waals surface area contributed by atoms with Gasteiger partial charge in [-0.2, -0.15) is 5.10 Å². The van der Waals surface area contributed by atoms with Crippen molar-refractivity contribution < 1.29 is 9.63 Å². The molecule has 1 aromatic heterocycles. The maximum atomic E-state index is 12.7. The van der Waals surface area contributed by atoms with Gasteiger partial charge in [-0.1, -0.05) is 46.6 Å². The molecule has 1 aliphatic heterocycles. The molecule has 2 aromatic carbocycles. The van der Waals surface area contributed by atoms with Crippen molar-refractivity contribution in [3.63, 3.8) is 0 Å². The highest BCUT2D eigenvalue weighted by Crippen LogP contribution is 2.29. The molecule has 1 unspecified atom stereocenters. The largest absolute Gasteiger partial charge is 0.387 e. The lowest BCUT2D eigenvalue weighted by Crippen LogP contribution is -2.22. The minimum absolute atomic E-state index is 0.263. The van der Waals surface area contributed by atoms with E-state index in [-0.39, 0.29) is 12.0 Å². The molecule has 0 aliphatic carbocycles. The van der Waals surface area contributed by atoms with Crippen LogP contribution in [0.1, 0.15) is 23.7 Å². The van der Waals surface area contributed by atoms with Crippen LogP contribution in [0.2, 0.25) is 5.02 Å². The maximum absolute atomic E-state index is 12.7. The molecule has 0 spiro atoms. The molecule has 136 valence electrons. The molecule has 0 radical (unpaired) electrons. The van der Waals surface area contributed by atoms with Crippen LogP contribution in [0.3, 0.4) is 0 Å². The summed E-state index contributed by atoms with van der Waals surface area (Å²) in [4.78, 5) is 22.0. The van der Waals surface area contributed by atoms with Gasteiger partial charge in [0.15, 0.2) is 6.10 Å². The van der Waals surface area contributed by atoms with Crippen LogP contribution in [0.5, 0.6) is 0 Å². The first-order valence-electron chi connectivity index (χ1n) is 8.35. The Kier molecular flexibility index (Phi) is 4.60. The van der Waals surface area contributed by atoms with Gasteiger partial charge < -0.3 is 10.2 Å². The highest BCUT2D eigenvalue weighted by Gasteiger charge is 2.28. The summed E-state index contributed by atoms with van der Waals surface area (Å²) in [5, 5.41) is 11.4. The van der Waals surface area contributed by atoms with Gasteiger partial charge in [0.25, 0.3) is 5.91 Å². The van der Waals surface area contributed by atoms with E-state index < -0.39 is 0 Å². The van der Waals surface area contributed by atoms with E-state index in [4.69, 9.17) is 16.4 Å². The molecule has 0 fully saturated rings. The number of amides is 1. The molecule has 1 amide bonds. The fourth-order valence-electron chi connectivity index (χ4n) is 2.81. The van der Waals surface area contributed by atoms with Crippen molar-refractivity contribution >= 4 is 28.9 Å². The molecule has 27 heavy (non-hydrogen) atoms. The predicted molar refractivity (Wildman–Crippen MR) is 102 cm³/mol. The Balaban J connectivity index is 1.50. The monoisotopic (exact) mass is 381 g/mol. The minimum Gasteiger partial charge on any atom is -0.387 e. The predicted octanol–water partition coefficient (Wildman–Crippen LogP) is 3.69. The SMILES string of the molecule is Cc1ccc(C2CC(C(=O)Nc3cc(Cl)ccc3-n3cncn3)=NO2)cc1. The second-order valence-electron chi connectivity index (χ2n) is 6.20. The van der Waals surface area contributed by atoms with Crippen molar-refractivity contribution in [1.82, 2.24) is 14.8 Å². The van der Waals surface area contributed by atoms with Gasteiger partial charge >= 0.3 is 0 Å². The molecule has 0 saturated heterocycles. The van der Waals surface area contributed by atoms with E-state index >= 15 is 0 Å². The van der Waals surface area contributed by atoms with Gasteiger partial charge in [0.1, 0.15) is 18.4 Å². The number of hydrogen-bond acceptors (Lipinski definition) is 5. The third kappa shape index (κ3) is 3.68. The summed E-state index contributed by atoms with van der Waals surface area (Å²) in [7, 11) is 0. The van der Waals surface area contributed by atoms with E-state index in [1.54, 1.807) is 29.2 Å². The third-order valence-corrected chi connectivity index (χ3v) is 4.49. The zero-order valence-electron chi connectivity index (χ0n) is 14.5. The van der Waals surface area contributed by atoms with Crippen LogP contribution >= 0.6 is 11.6 Å². The molecular formula is C19H16ClN5O2. The summed E-state index contributed by atoms with van der Waals surface area (Å²) in [6, 6.07) is 13.1. The molecule has 1 aliphatic rings. The lowest BCUT2D eigenvalue weighted by molar-refractivity contribution is -0.110. The van der Waals surface area contributed by atoms with Crippen LogP contribution in [0, 0.1) is 6.92 Å². The average Bonchev–Trinajstić information content (AvgIpc) is 3.35. The zero-order chi connectivity index (χ0) is 18.8. The van der Waals surface area contributed by atoms with Gasteiger partial charge in [-0.25, -0.2) is 9.67 Å². The highest BCUT2D eigenvalue weighted by molar-refractivity contribution is 6.43. The van der Waals surface area contributed by atoms with E-state index in [0.717, 1.165) is 11.1 Å². The number of nitrogens with one attached hydrogen (secondary N) is 1. The number of oxime groups is 1. The van der Waals surface area contributed by atoms with Crippen molar-refractivity contribution in [2.24, 2.45) is 5.16 Å². The summed E-state index contributed by atoms with van der Waals surface area (Å²) in [5.74, 6) is -0.340. The van der Waals surface area contributed by atoms with Gasteiger partial charge in [0.05, 0.1) is 11.4 Å². The first kappa shape index (κ1) is 17.2. The van der Waals surface area contributed by atoms with E-state index in [9.17, 15) is 4.79 Å². The van der Waals surface area contributed by atoms with E-state index in [0.29, 0.717) is 28.5 Å². The Bertz CT molecular complexity index is 999. The summed E-state index contributed by atoms with van der Waals surface area (Å²) >= 11 is 6.09. The van der Waals surface area contributed by atoms with Crippen LogP contribution in [0.15, 0.2) is 60.3 Å². The molecule has 3 aromatic rings. The van der Waals surface area contributed by atoms with E-state index in [2.05, 4.69) is 20.6 Å². The fourth-order valence-corrected chi connectivity index (χ4v) is 2.98. The number of halogens is 1. The Labute approximate surface area is 160 Å². The average molecular weight is 382 g/mol. The molecule has 1 N–H and O–H groups in total. The van der Waals surface area contributed by atoms with Crippen LogP contribution in [-0.4, -0.2) is 26.4 Å². The van der Waals surface area contributed by atoms with Gasteiger partial charge in [0, 0.05) is 11.4 Å². The Morgan fingerprint density at radius 1 is 1.26 bits per heavy atom. The van der Waals surface area contributed by atoms with Crippen LogP contribution in [-0.2, 0) is 9.63 Å². The maximum Gasteiger partial charge on any atom is 0.273 e. The number of carbonyl (C=O) groups excluding carboxylic acids is 1. The number of nitrogens with zero attached hydrogens (tertiary/aromatic N) is 4. The van der Waals surface area contributed by atoms with Crippen molar-refractivity contribution in [3.05, 3.63) is 71.3 Å². The molecule has 0 saturated carbocycles. The second kappa shape index (κ2) is 7.20. The number of rotatable bonds is 4. The van der Waals surface area contributed by atoms with E-state index in [1.807, 2.05) is 31.2 Å². The molecular weight excluding hydrogens is 366 g/mol. The quantitative estimate of drug-likeness (QED) is 0.747. The zero-order valence-corrected chi connectivity index (χ0v) is 15.2. The molecule has 2 heterocycles. The van der Waals surface area contributed by atoms with Crippen molar-refractivity contribution in [2.45, 2.75) is 19.4 Å². The fraction of sp³-hybridized carbons (Fsp3) is 0.158. The summed E-state index contributed by atoms with van der Waals surface area (Å²) in [5.41, 5.74) is 3.64. The van der Waals surface area contributed by atoms with Gasteiger partial charge in [-0.3, -0.25) is 4.79 Å². The van der Waals surface area contributed by atoms with Gasteiger partial charge in [0.2, 0.25) is 0 Å². The second-order valence-corrected chi connectivity index (χ2v) is 6.64. The van der Waals surface area contributed by atoms with Crippen molar-refractivity contribution in [2.75, 3.05) is 5.32 Å². The molecule has 4 rings (SSSR count). The number of anilines is 1. The first-order chi connectivity index (χ1) is 13.1. The van der Waals surface area contributed by atoms with E-state index in [1.165, 1.54) is 6.33 Å². The van der Waals surface area contributed by atoms with Crippen LogP contribution in [0.4, 0.5) is 5.69 Å². The molecule has 8 heteroatoms. The Hall–Kier alpha value is -3.19. The molecule has 0 bridgehead atoms. The lowest BCUT2D eigenvalue weighted by atomic mass is 10.0. The summed E-state index contributed by atoms with van der Waals surface area (Å²) < 4.78 is 1.55. The molecule has 7 nitrogen and oxygen atoms in total. The first-order valence-corrected chi connectivity index (χ1v) is 8.73. The lowest BCUT2D eigenvalue weighted by Gasteiger charge is -2.11. The Morgan fingerprint density at radius 2 is 2.07 bits per heavy atom. The van der Waals surface area contributed by atoms with Gasteiger partial charge in [-0.05, 0) is 30.7 Å². The third-order valence-electron chi connectivity index (χ3n) is 4.25. The standard InChI is InChI=1S/C19H16ClN5O2/c1-12-2-4-13(5-3-12)18-9-16(24-27-18)19(26)23-15-8-14(20)6-7-17(15)25-11-21-10-22-25/h2-8,10-11,18H,9H2,1H3,(H,23,26). The Morgan fingerprint density at radius 3 is 2.81 bits per heavy atom. The number of aryl methyl sites for hydroxylation is 1. The molecule has 1 atom stereocenters. The summed E-state index contributed by atoms with van der Waals surface area (Å²) in [6.45, 7) is 2.02. The van der Waals surface area contributed by atoms with Crippen LogP contribution in [0.25, 0.3) is 5.69 Å². The van der Waals surface area contributed by atoms with Crippen molar-refractivity contribution in [3.8, 4) is 5.69 Å². The number of carbonyl (C=O) groups is 1. The number of aromatic nitrogens is 3. The van der Waals surface area contributed by atoms with Gasteiger partial charge in [-0.15, -0.1) is 0 Å². The smallest absolute Gasteiger partial charge is 0.273 e. The van der Waals surface area contributed by atoms with Crippen molar-refractivity contribution in [1.29, 1.82) is 0 Å². The highest BCUT2D eigenvalue weighted by atomic mass is 35.5. The van der Waals surface area contributed by atoms with Crippen LogP contribution < -0.4 is 5.32 Å². The summed E-state index contributed by atoms with van der Waals surface area (Å²) in [6.07, 6.45) is 3.10. The minimum atomic E-state index is -0.340.